The smallest absolute Gasteiger partial charge is 0.279 e. The molecule has 3 aromatic rings. The number of aromatic nitrogens is 1. The second-order valence-corrected chi connectivity index (χ2v) is 11.2. The van der Waals surface area contributed by atoms with E-state index in [1.807, 2.05) is 13.0 Å². The third-order valence-electron chi connectivity index (χ3n) is 6.08. The molecule has 35 heavy (non-hydrogen) atoms. The number of benzene rings is 2. The first-order chi connectivity index (χ1) is 16.8. The molecular weight excluding hydrogens is 486 g/mol. The fourth-order valence-electron chi connectivity index (χ4n) is 4.21. The average Bonchev–Trinajstić information content (AvgIpc) is 3.19. The fourth-order valence-corrected chi connectivity index (χ4v) is 6.95. The van der Waals surface area contributed by atoms with E-state index in [1.165, 1.54) is 35.6 Å². The van der Waals surface area contributed by atoms with Crippen LogP contribution >= 0.6 is 11.3 Å². The summed E-state index contributed by atoms with van der Waals surface area (Å²) in [5, 5.41) is 0. The number of nitrogens with zero attached hydrogens (tertiary/aromatic N) is 3. The van der Waals surface area contributed by atoms with Gasteiger partial charge in [-0.1, -0.05) is 23.7 Å². The van der Waals surface area contributed by atoms with Crippen molar-refractivity contribution in [1.29, 1.82) is 0 Å². The molecule has 10 heteroatoms. The van der Waals surface area contributed by atoms with Crippen LogP contribution in [0, 0.1) is 12.3 Å². The van der Waals surface area contributed by atoms with Gasteiger partial charge in [-0.3, -0.25) is 4.79 Å². The predicted octanol–water partition coefficient (Wildman–Crippen LogP) is 3.66. The average molecular weight is 514 g/mol. The van der Waals surface area contributed by atoms with Crippen molar-refractivity contribution in [1.82, 2.24) is 8.87 Å². The second-order valence-electron chi connectivity index (χ2n) is 8.25. The summed E-state index contributed by atoms with van der Waals surface area (Å²) in [6, 6.07) is 9.51. The number of thiazole rings is 1. The molecule has 2 heterocycles. The Kier molecular flexibility index (Phi) is 7.31. The van der Waals surface area contributed by atoms with Crippen molar-refractivity contribution in [3.8, 4) is 23.8 Å². The van der Waals surface area contributed by atoms with Crippen LogP contribution in [0.15, 0.2) is 46.3 Å². The SMILES string of the molecule is C#CCn1c(=NC(=O)c2ccc(S(=O)(=O)N3CCCCC3C)cc2)sc2cc(OC)c(OC)cc21. The summed E-state index contributed by atoms with van der Waals surface area (Å²) >= 11 is 1.30. The van der Waals surface area contributed by atoms with E-state index in [0.717, 1.165) is 29.5 Å². The van der Waals surface area contributed by atoms with Crippen LogP contribution in [0.5, 0.6) is 11.5 Å². The minimum absolute atomic E-state index is 0.0399. The molecule has 0 radical (unpaired) electrons. The quantitative estimate of drug-likeness (QED) is 0.470. The number of carbonyl (C=O) groups excluding carboxylic acids is 1. The summed E-state index contributed by atoms with van der Waals surface area (Å²) in [7, 11) is -0.513. The van der Waals surface area contributed by atoms with Crippen molar-refractivity contribution in [2.75, 3.05) is 20.8 Å². The Bertz CT molecular complexity index is 1460. The van der Waals surface area contributed by atoms with Crippen molar-refractivity contribution in [2.24, 2.45) is 4.99 Å². The number of methoxy groups -OCH3 is 2. The zero-order valence-corrected chi connectivity index (χ0v) is 21.5. The molecule has 0 spiro atoms. The molecule has 0 saturated carbocycles. The maximum atomic E-state index is 13.1. The van der Waals surface area contributed by atoms with Gasteiger partial charge < -0.3 is 14.0 Å². The number of carbonyl (C=O) groups is 1. The lowest BCUT2D eigenvalue weighted by Gasteiger charge is -2.32. The highest BCUT2D eigenvalue weighted by Gasteiger charge is 2.31. The number of rotatable bonds is 6. The van der Waals surface area contributed by atoms with Gasteiger partial charge in [-0.25, -0.2) is 8.42 Å². The van der Waals surface area contributed by atoms with Crippen LogP contribution in [0.25, 0.3) is 10.2 Å². The van der Waals surface area contributed by atoms with Crippen molar-refractivity contribution in [3.63, 3.8) is 0 Å². The molecule has 1 aliphatic heterocycles. The zero-order valence-electron chi connectivity index (χ0n) is 19.9. The van der Waals surface area contributed by atoms with Crippen LogP contribution in [0.2, 0.25) is 0 Å². The van der Waals surface area contributed by atoms with Crippen LogP contribution in [-0.2, 0) is 16.6 Å². The Morgan fingerprint density at radius 2 is 1.86 bits per heavy atom. The Labute approximate surface area is 208 Å². The van der Waals surface area contributed by atoms with Crippen LogP contribution < -0.4 is 14.3 Å². The van der Waals surface area contributed by atoms with E-state index in [4.69, 9.17) is 15.9 Å². The fraction of sp³-hybridized carbons (Fsp3) is 0.360. The number of hydrogen-bond donors (Lipinski definition) is 0. The summed E-state index contributed by atoms with van der Waals surface area (Å²) in [6.45, 7) is 2.65. The van der Waals surface area contributed by atoms with Gasteiger partial charge in [0.2, 0.25) is 10.0 Å². The lowest BCUT2D eigenvalue weighted by Crippen LogP contribution is -2.41. The Morgan fingerprint density at radius 1 is 1.17 bits per heavy atom. The number of fused-ring (bicyclic) bond motifs is 1. The van der Waals surface area contributed by atoms with Gasteiger partial charge in [-0.15, -0.1) is 6.42 Å². The summed E-state index contributed by atoms with van der Waals surface area (Å²) in [5.74, 6) is 3.21. The van der Waals surface area contributed by atoms with E-state index in [9.17, 15) is 13.2 Å². The van der Waals surface area contributed by atoms with Crippen LogP contribution in [0.4, 0.5) is 0 Å². The summed E-state index contributed by atoms with van der Waals surface area (Å²) in [5.41, 5.74) is 1.06. The number of amides is 1. The lowest BCUT2D eigenvalue weighted by atomic mass is 10.1. The van der Waals surface area contributed by atoms with Gasteiger partial charge in [-0.05, 0) is 44.0 Å². The van der Waals surface area contributed by atoms with Crippen molar-refractivity contribution >= 4 is 37.5 Å². The van der Waals surface area contributed by atoms with Crippen LogP contribution in [0.1, 0.15) is 36.5 Å². The van der Waals surface area contributed by atoms with Gasteiger partial charge in [0.1, 0.15) is 0 Å². The maximum absolute atomic E-state index is 13.1. The van der Waals surface area contributed by atoms with E-state index < -0.39 is 15.9 Å². The molecule has 0 N–H and O–H groups in total. The van der Waals surface area contributed by atoms with Crippen molar-refractivity contribution in [2.45, 2.75) is 43.7 Å². The Hall–Kier alpha value is -3.13. The van der Waals surface area contributed by atoms with E-state index in [1.54, 1.807) is 29.2 Å². The minimum Gasteiger partial charge on any atom is -0.493 e. The molecule has 4 rings (SSSR count). The summed E-state index contributed by atoms with van der Waals surface area (Å²) < 4.78 is 41.0. The first-order valence-corrected chi connectivity index (χ1v) is 13.5. The predicted molar refractivity (Wildman–Crippen MR) is 135 cm³/mol. The Balaban J connectivity index is 1.69. The summed E-state index contributed by atoms with van der Waals surface area (Å²) in [6.07, 6.45) is 8.29. The molecule has 8 nitrogen and oxygen atoms in total. The third-order valence-corrected chi connectivity index (χ3v) is 9.15. The molecule has 1 unspecified atom stereocenters. The molecule has 1 aromatic heterocycles. The molecular formula is C25H27N3O5S2. The van der Waals surface area contributed by atoms with Crippen molar-refractivity contribution < 1.29 is 22.7 Å². The van der Waals surface area contributed by atoms with Gasteiger partial charge in [0, 0.05) is 30.3 Å². The number of terminal acetylenes is 1. The first-order valence-electron chi connectivity index (χ1n) is 11.2. The molecule has 0 aliphatic carbocycles. The number of piperidine rings is 1. The molecule has 1 saturated heterocycles. The molecule has 184 valence electrons. The Morgan fingerprint density at radius 3 is 2.49 bits per heavy atom. The van der Waals surface area contributed by atoms with Crippen LogP contribution in [0.3, 0.4) is 0 Å². The van der Waals surface area contributed by atoms with Gasteiger partial charge in [0.15, 0.2) is 16.3 Å². The maximum Gasteiger partial charge on any atom is 0.279 e. The van der Waals surface area contributed by atoms with Gasteiger partial charge in [0.05, 0.1) is 35.9 Å². The first kappa shape index (κ1) is 25.0. The summed E-state index contributed by atoms with van der Waals surface area (Å²) in [4.78, 5) is 17.9. The number of ether oxygens (including phenoxy) is 2. The highest BCUT2D eigenvalue weighted by molar-refractivity contribution is 7.89. The molecule has 0 bridgehead atoms. The van der Waals surface area contributed by atoms with Crippen LogP contribution in [-0.4, -0.2) is 50.0 Å². The molecule has 1 aliphatic rings. The number of sulfonamides is 1. The number of hydrogen-bond acceptors (Lipinski definition) is 6. The van der Waals surface area contributed by atoms with E-state index in [2.05, 4.69) is 10.9 Å². The zero-order chi connectivity index (χ0) is 25.2. The second kappa shape index (κ2) is 10.2. The standard InChI is InChI=1S/C25H27N3O5S2/c1-5-13-27-20-15-21(32-3)22(33-4)16-23(20)34-25(27)26-24(29)18-9-11-19(12-10-18)35(30,31)28-14-7-6-8-17(28)2/h1,9-12,15-17H,6-8,13-14H2,2-4H3. The lowest BCUT2D eigenvalue weighted by molar-refractivity contribution is 0.0997. The largest absolute Gasteiger partial charge is 0.493 e. The normalized spacial score (nSPS) is 17.3. The molecule has 1 amide bonds. The molecule has 1 fully saturated rings. The van der Waals surface area contributed by atoms with Gasteiger partial charge in [-0.2, -0.15) is 9.30 Å². The monoisotopic (exact) mass is 513 g/mol. The molecule has 2 aromatic carbocycles. The third kappa shape index (κ3) is 4.85. The van der Waals surface area contributed by atoms with Gasteiger partial charge in [0.25, 0.3) is 5.91 Å². The highest BCUT2D eigenvalue weighted by atomic mass is 32.2. The van der Waals surface area contributed by atoms with Gasteiger partial charge >= 0.3 is 0 Å². The van der Waals surface area contributed by atoms with E-state index in [-0.39, 0.29) is 23.0 Å². The minimum atomic E-state index is -3.61. The topological polar surface area (TPSA) is 90.2 Å². The van der Waals surface area contributed by atoms with E-state index in [0.29, 0.717) is 22.8 Å². The van der Waals surface area contributed by atoms with Crippen molar-refractivity contribution in [3.05, 3.63) is 46.8 Å². The van der Waals surface area contributed by atoms with E-state index >= 15 is 0 Å². The molecule has 1 atom stereocenters. The highest BCUT2D eigenvalue weighted by Crippen LogP contribution is 2.33.